The number of rotatable bonds is 2. The number of anilines is 1. The van der Waals surface area contributed by atoms with Crippen LogP contribution < -0.4 is 15.8 Å². The molecule has 4 heteroatoms. The summed E-state index contributed by atoms with van der Waals surface area (Å²) < 4.78 is 5.03. The van der Waals surface area contributed by atoms with E-state index in [1.807, 2.05) is 19.1 Å². The molecule has 0 saturated heterocycles. The van der Waals surface area contributed by atoms with Crippen molar-refractivity contribution in [2.24, 2.45) is 5.73 Å². The van der Waals surface area contributed by atoms with Gasteiger partial charge in [0, 0.05) is 11.8 Å². The number of primary amides is 1. The van der Waals surface area contributed by atoms with E-state index in [0.717, 1.165) is 5.56 Å². The fourth-order valence-corrected chi connectivity index (χ4v) is 1.08. The van der Waals surface area contributed by atoms with Crippen LogP contribution in [0, 0.1) is 6.92 Å². The molecule has 0 fully saturated rings. The van der Waals surface area contributed by atoms with Gasteiger partial charge in [-0.05, 0) is 24.6 Å². The molecule has 0 spiro atoms. The van der Waals surface area contributed by atoms with Gasteiger partial charge in [-0.25, -0.2) is 4.79 Å². The van der Waals surface area contributed by atoms with Crippen molar-refractivity contribution in [3.05, 3.63) is 23.8 Å². The second-order valence-corrected chi connectivity index (χ2v) is 2.73. The lowest BCUT2D eigenvalue weighted by Crippen LogP contribution is -2.19. The summed E-state index contributed by atoms with van der Waals surface area (Å²) in [5, 5.41) is 2.48. The van der Waals surface area contributed by atoms with Crippen LogP contribution in [-0.2, 0) is 0 Å². The van der Waals surface area contributed by atoms with Gasteiger partial charge in [0.2, 0.25) is 0 Å². The number of nitrogens with one attached hydrogen (secondary N) is 1. The Balaban J connectivity index is 2.94. The minimum atomic E-state index is -0.576. The fraction of sp³-hybridized carbons (Fsp3) is 0.222. The summed E-state index contributed by atoms with van der Waals surface area (Å²) in [6, 6.07) is 4.81. The normalized spacial score (nSPS) is 9.38. The zero-order chi connectivity index (χ0) is 9.84. The maximum Gasteiger partial charge on any atom is 0.316 e. The monoisotopic (exact) mass is 180 g/mol. The first-order valence-corrected chi connectivity index (χ1v) is 3.84. The molecule has 0 aliphatic heterocycles. The van der Waals surface area contributed by atoms with Gasteiger partial charge in [-0.2, -0.15) is 0 Å². The van der Waals surface area contributed by atoms with Gasteiger partial charge in [-0.3, -0.25) is 0 Å². The molecule has 0 unspecified atom stereocenters. The standard InChI is InChI=1S/C9H12N2O2/c1-6-3-7(11-9(10)12)5-8(4-6)13-2/h3-5H,1-2H3,(H3,10,11,12). The third-order valence-corrected chi connectivity index (χ3v) is 1.55. The van der Waals surface area contributed by atoms with E-state index in [9.17, 15) is 4.79 Å². The van der Waals surface area contributed by atoms with E-state index in [2.05, 4.69) is 5.32 Å². The van der Waals surface area contributed by atoms with Crippen molar-refractivity contribution >= 4 is 11.7 Å². The van der Waals surface area contributed by atoms with E-state index in [1.54, 1.807) is 13.2 Å². The molecule has 0 aliphatic carbocycles. The molecule has 0 aromatic heterocycles. The summed E-state index contributed by atoms with van der Waals surface area (Å²) >= 11 is 0. The first kappa shape index (κ1) is 9.38. The van der Waals surface area contributed by atoms with Crippen LogP contribution in [0.2, 0.25) is 0 Å². The molecule has 70 valence electrons. The van der Waals surface area contributed by atoms with Gasteiger partial charge in [-0.1, -0.05) is 0 Å². The van der Waals surface area contributed by atoms with Gasteiger partial charge in [0.15, 0.2) is 0 Å². The van der Waals surface area contributed by atoms with Crippen LogP contribution in [-0.4, -0.2) is 13.1 Å². The van der Waals surface area contributed by atoms with Crippen molar-refractivity contribution in [2.45, 2.75) is 6.92 Å². The number of benzene rings is 1. The summed E-state index contributed by atoms with van der Waals surface area (Å²) in [6.45, 7) is 1.91. The molecule has 13 heavy (non-hydrogen) atoms. The Morgan fingerprint density at radius 3 is 2.69 bits per heavy atom. The largest absolute Gasteiger partial charge is 0.497 e. The Labute approximate surface area is 76.7 Å². The number of nitrogens with two attached hydrogens (primary N) is 1. The summed E-state index contributed by atoms with van der Waals surface area (Å²) in [4.78, 5) is 10.5. The molecule has 0 aliphatic rings. The van der Waals surface area contributed by atoms with E-state index >= 15 is 0 Å². The predicted octanol–water partition coefficient (Wildman–Crippen LogP) is 1.49. The lowest BCUT2D eigenvalue weighted by molar-refractivity contribution is 0.259. The Hall–Kier alpha value is -1.71. The highest BCUT2D eigenvalue weighted by Crippen LogP contribution is 2.19. The summed E-state index contributed by atoms with van der Waals surface area (Å²) in [7, 11) is 1.57. The number of urea groups is 1. The first-order chi connectivity index (χ1) is 6.11. The van der Waals surface area contributed by atoms with Crippen molar-refractivity contribution in [1.29, 1.82) is 0 Å². The number of amides is 2. The third kappa shape index (κ3) is 2.66. The molecule has 0 bridgehead atoms. The molecule has 1 aromatic carbocycles. The molecule has 0 heterocycles. The molecule has 1 aromatic rings. The summed E-state index contributed by atoms with van der Waals surface area (Å²) in [5.74, 6) is 0.698. The first-order valence-electron chi connectivity index (χ1n) is 3.84. The zero-order valence-corrected chi connectivity index (χ0v) is 7.63. The highest BCUT2D eigenvalue weighted by atomic mass is 16.5. The van der Waals surface area contributed by atoms with Gasteiger partial charge in [0.1, 0.15) is 5.75 Å². The Bertz CT molecular complexity index is 323. The van der Waals surface area contributed by atoms with Gasteiger partial charge in [0.05, 0.1) is 7.11 Å². The summed E-state index contributed by atoms with van der Waals surface area (Å²) in [5.41, 5.74) is 6.62. The van der Waals surface area contributed by atoms with Crippen molar-refractivity contribution in [1.82, 2.24) is 0 Å². The molecule has 0 saturated carbocycles. The minimum Gasteiger partial charge on any atom is -0.497 e. The van der Waals surface area contributed by atoms with Crippen LogP contribution in [0.5, 0.6) is 5.75 Å². The maximum absolute atomic E-state index is 10.5. The molecule has 0 atom stereocenters. The second kappa shape index (κ2) is 3.80. The molecular weight excluding hydrogens is 168 g/mol. The van der Waals surface area contributed by atoms with Crippen molar-refractivity contribution in [3.8, 4) is 5.75 Å². The van der Waals surface area contributed by atoms with Crippen LogP contribution in [0.25, 0.3) is 0 Å². The smallest absolute Gasteiger partial charge is 0.316 e. The number of carbonyl (C=O) groups is 1. The molecule has 0 radical (unpaired) electrons. The second-order valence-electron chi connectivity index (χ2n) is 2.73. The number of hydrogen-bond donors (Lipinski definition) is 2. The van der Waals surface area contributed by atoms with E-state index in [0.29, 0.717) is 11.4 Å². The third-order valence-electron chi connectivity index (χ3n) is 1.55. The lowest BCUT2D eigenvalue weighted by atomic mass is 10.2. The van der Waals surface area contributed by atoms with Crippen molar-refractivity contribution < 1.29 is 9.53 Å². The topological polar surface area (TPSA) is 64.3 Å². The Morgan fingerprint density at radius 1 is 1.46 bits per heavy atom. The highest BCUT2D eigenvalue weighted by molar-refractivity contribution is 5.88. The molecule has 3 N–H and O–H groups in total. The fourth-order valence-electron chi connectivity index (χ4n) is 1.08. The Kier molecular flexibility index (Phi) is 2.74. The number of hydrogen-bond acceptors (Lipinski definition) is 2. The van der Waals surface area contributed by atoms with E-state index in [4.69, 9.17) is 10.5 Å². The Morgan fingerprint density at radius 2 is 2.15 bits per heavy atom. The van der Waals surface area contributed by atoms with Crippen LogP contribution in [0.1, 0.15) is 5.56 Å². The van der Waals surface area contributed by atoms with Crippen molar-refractivity contribution in [2.75, 3.05) is 12.4 Å². The van der Waals surface area contributed by atoms with Crippen molar-refractivity contribution in [3.63, 3.8) is 0 Å². The van der Waals surface area contributed by atoms with Gasteiger partial charge < -0.3 is 15.8 Å². The average Bonchev–Trinajstić information content (AvgIpc) is 2.01. The minimum absolute atomic E-state index is 0.576. The molecular formula is C9H12N2O2. The van der Waals surface area contributed by atoms with Crippen LogP contribution in [0.3, 0.4) is 0 Å². The van der Waals surface area contributed by atoms with E-state index < -0.39 is 6.03 Å². The number of carbonyl (C=O) groups excluding carboxylic acids is 1. The number of aryl methyl sites for hydroxylation is 1. The van der Waals surface area contributed by atoms with Gasteiger partial charge in [0.25, 0.3) is 0 Å². The van der Waals surface area contributed by atoms with Crippen LogP contribution in [0.4, 0.5) is 10.5 Å². The van der Waals surface area contributed by atoms with Crippen LogP contribution in [0.15, 0.2) is 18.2 Å². The SMILES string of the molecule is COc1cc(C)cc(NC(N)=O)c1. The quantitative estimate of drug-likeness (QED) is 0.724. The highest BCUT2D eigenvalue weighted by Gasteiger charge is 1.99. The maximum atomic E-state index is 10.5. The zero-order valence-electron chi connectivity index (χ0n) is 7.63. The lowest BCUT2D eigenvalue weighted by Gasteiger charge is -2.06. The van der Waals surface area contributed by atoms with E-state index in [-0.39, 0.29) is 0 Å². The molecule has 1 rings (SSSR count). The molecule has 2 amide bonds. The van der Waals surface area contributed by atoms with Crippen LogP contribution >= 0.6 is 0 Å². The average molecular weight is 180 g/mol. The van der Waals surface area contributed by atoms with E-state index in [1.165, 1.54) is 0 Å². The van der Waals surface area contributed by atoms with Gasteiger partial charge >= 0.3 is 6.03 Å². The number of ether oxygens (including phenoxy) is 1. The predicted molar refractivity (Wildman–Crippen MR) is 50.9 cm³/mol. The summed E-state index contributed by atoms with van der Waals surface area (Å²) in [6.07, 6.45) is 0. The number of methoxy groups -OCH3 is 1. The molecule has 4 nitrogen and oxygen atoms in total. The van der Waals surface area contributed by atoms with Gasteiger partial charge in [-0.15, -0.1) is 0 Å².